The second kappa shape index (κ2) is 10.5. The number of nitrogens with one attached hydrogen (secondary N) is 1. The van der Waals surface area contributed by atoms with Crippen LogP contribution in [0.15, 0.2) is 36.7 Å². The number of pyridine rings is 1. The van der Waals surface area contributed by atoms with Crippen LogP contribution in [0.2, 0.25) is 5.02 Å². The molecule has 1 aliphatic heterocycles. The predicted molar refractivity (Wildman–Crippen MR) is 110 cm³/mol. The van der Waals surface area contributed by atoms with Gasteiger partial charge in [0.25, 0.3) is 5.91 Å². The van der Waals surface area contributed by atoms with Crippen LogP contribution in [-0.2, 0) is 11.3 Å². The Hall–Kier alpha value is -2.06. The number of rotatable bonds is 7. The fourth-order valence-corrected chi connectivity index (χ4v) is 3.51. The van der Waals surface area contributed by atoms with Gasteiger partial charge in [-0.2, -0.15) is 0 Å². The third kappa shape index (κ3) is 5.48. The van der Waals surface area contributed by atoms with Crippen molar-refractivity contribution >= 4 is 29.9 Å². The van der Waals surface area contributed by atoms with Crippen LogP contribution in [0.25, 0.3) is 0 Å². The van der Waals surface area contributed by atoms with Gasteiger partial charge in [-0.15, -0.1) is 12.4 Å². The number of methoxy groups -OCH3 is 1. The Kier molecular flexibility index (Phi) is 8.32. The average molecular weight is 427 g/mol. The Morgan fingerprint density at radius 1 is 1.46 bits per heavy atom. The summed E-state index contributed by atoms with van der Waals surface area (Å²) in [4.78, 5) is 17.6. The Labute approximate surface area is 175 Å². The molecule has 152 valence electrons. The third-order valence-electron chi connectivity index (χ3n) is 4.46. The summed E-state index contributed by atoms with van der Waals surface area (Å²) in [7, 11) is 1.54. The minimum atomic E-state index is -0.572. The summed E-state index contributed by atoms with van der Waals surface area (Å²) >= 11 is 6.37. The number of primary amides is 1. The summed E-state index contributed by atoms with van der Waals surface area (Å²) in [5, 5.41) is 3.82. The van der Waals surface area contributed by atoms with Crippen LogP contribution in [0, 0.1) is 0 Å². The highest BCUT2D eigenvalue weighted by molar-refractivity contribution is 6.32. The molecule has 1 fully saturated rings. The molecule has 1 saturated heterocycles. The van der Waals surface area contributed by atoms with Gasteiger partial charge in [-0.25, -0.2) is 0 Å². The van der Waals surface area contributed by atoms with Crippen LogP contribution in [0.3, 0.4) is 0 Å². The molecule has 1 aliphatic rings. The molecule has 7 nitrogen and oxygen atoms in total. The number of halogens is 2. The van der Waals surface area contributed by atoms with E-state index in [9.17, 15) is 4.79 Å². The van der Waals surface area contributed by atoms with Crippen LogP contribution in [-0.4, -0.2) is 49.1 Å². The number of hydrogen-bond donors (Lipinski definition) is 2. The van der Waals surface area contributed by atoms with Crippen molar-refractivity contribution in [1.29, 1.82) is 0 Å². The summed E-state index contributed by atoms with van der Waals surface area (Å²) in [5.74, 6) is 0.231. The fourth-order valence-electron chi connectivity index (χ4n) is 3.22. The van der Waals surface area contributed by atoms with Gasteiger partial charge in [0.1, 0.15) is 0 Å². The van der Waals surface area contributed by atoms with E-state index in [1.54, 1.807) is 6.20 Å². The molecular formula is C19H24Cl2N4O3. The zero-order valence-electron chi connectivity index (χ0n) is 15.6. The zero-order chi connectivity index (χ0) is 19.2. The first-order valence-electron chi connectivity index (χ1n) is 8.70. The van der Waals surface area contributed by atoms with Crippen molar-refractivity contribution in [2.24, 2.45) is 5.73 Å². The van der Waals surface area contributed by atoms with E-state index in [4.69, 9.17) is 26.8 Å². The maximum atomic E-state index is 11.0. The predicted octanol–water partition coefficient (Wildman–Crippen LogP) is 2.18. The number of carbonyl (C=O) groups is 1. The van der Waals surface area contributed by atoms with E-state index < -0.39 is 5.91 Å². The standard InChI is InChI=1S/C19H23ClN4O3.ClH/c1-26-17-8-13(7-15(20)19(17)27-12-18(21)25)11-24-6-5-23-10-16(24)14-3-2-4-22-9-14;/h2-4,7-9,16,23H,5-6,10-12H2,1H3,(H2,21,25);1H. The van der Waals surface area contributed by atoms with Crippen molar-refractivity contribution in [3.8, 4) is 11.5 Å². The van der Waals surface area contributed by atoms with E-state index in [-0.39, 0.29) is 25.1 Å². The molecule has 28 heavy (non-hydrogen) atoms. The van der Waals surface area contributed by atoms with Crippen molar-refractivity contribution in [3.63, 3.8) is 0 Å². The van der Waals surface area contributed by atoms with Crippen LogP contribution in [0.4, 0.5) is 0 Å². The van der Waals surface area contributed by atoms with Crippen molar-refractivity contribution in [3.05, 3.63) is 52.8 Å². The van der Waals surface area contributed by atoms with Crippen LogP contribution < -0.4 is 20.5 Å². The van der Waals surface area contributed by atoms with E-state index >= 15 is 0 Å². The molecule has 3 rings (SSSR count). The number of aromatic nitrogens is 1. The van der Waals surface area contributed by atoms with Gasteiger partial charge in [0.05, 0.1) is 12.1 Å². The number of piperazine rings is 1. The topological polar surface area (TPSA) is 89.7 Å². The number of nitrogens with zero attached hydrogens (tertiary/aromatic N) is 2. The third-order valence-corrected chi connectivity index (χ3v) is 4.74. The highest BCUT2D eigenvalue weighted by Crippen LogP contribution is 2.37. The van der Waals surface area contributed by atoms with Gasteiger partial charge in [-0.1, -0.05) is 17.7 Å². The van der Waals surface area contributed by atoms with E-state index in [1.165, 1.54) is 12.7 Å². The van der Waals surface area contributed by atoms with E-state index in [0.29, 0.717) is 23.1 Å². The summed E-state index contributed by atoms with van der Waals surface area (Å²) in [6, 6.07) is 7.98. The molecule has 0 saturated carbocycles. The lowest BCUT2D eigenvalue weighted by atomic mass is 10.0. The van der Waals surface area contributed by atoms with Gasteiger partial charge < -0.3 is 20.5 Å². The molecular weight excluding hydrogens is 403 g/mol. The first-order chi connectivity index (χ1) is 13.1. The minimum absolute atomic E-state index is 0. The first-order valence-corrected chi connectivity index (χ1v) is 9.08. The highest BCUT2D eigenvalue weighted by atomic mass is 35.5. The van der Waals surface area contributed by atoms with Crippen molar-refractivity contribution in [1.82, 2.24) is 15.2 Å². The summed E-state index contributed by atoms with van der Waals surface area (Å²) in [6.07, 6.45) is 3.68. The lowest BCUT2D eigenvalue weighted by Gasteiger charge is -2.36. The molecule has 3 N–H and O–H groups in total. The molecule has 1 amide bonds. The molecule has 2 heterocycles. The Balaban J connectivity index is 0.00000280. The Morgan fingerprint density at radius 2 is 2.29 bits per heavy atom. The molecule has 0 bridgehead atoms. The number of hydrogen-bond acceptors (Lipinski definition) is 6. The maximum Gasteiger partial charge on any atom is 0.255 e. The van der Waals surface area contributed by atoms with Crippen molar-refractivity contribution in [2.75, 3.05) is 33.4 Å². The van der Waals surface area contributed by atoms with Gasteiger partial charge in [-0.3, -0.25) is 14.7 Å². The van der Waals surface area contributed by atoms with Crippen LogP contribution in [0.5, 0.6) is 11.5 Å². The molecule has 0 spiro atoms. The number of nitrogens with two attached hydrogens (primary N) is 1. The Morgan fingerprint density at radius 3 is 2.96 bits per heavy atom. The van der Waals surface area contributed by atoms with E-state index in [2.05, 4.69) is 21.3 Å². The minimum Gasteiger partial charge on any atom is -0.493 e. The normalized spacial score (nSPS) is 16.9. The number of amides is 1. The average Bonchev–Trinajstić information content (AvgIpc) is 2.67. The van der Waals surface area contributed by atoms with Gasteiger partial charge >= 0.3 is 0 Å². The van der Waals surface area contributed by atoms with E-state index in [0.717, 1.165) is 25.2 Å². The van der Waals surface area contributed by atoms with Gasteiger partial charge in [0.2, 0.25) is 0 Å². The Bertz CT molecular complexity index is 792. The quantitative estimate of drug-likeness (QED) is 0.704. The molecule has 1 atom stereocenters. The number of benzene rings is 1. The molecule has 1 unspecified atom stereocenters. The second-order valence-corrected chi connectivity index (χ2v) is 6.75. The highest BCUT2D eigenvalue weighted by Gasteiger charge is 2.24. The first kappa shape index (κ1) is 22.2. The van der Waals surface area contributed by atoms with E-state index in [1.807, 2.05) is 24.4 Å². The SMILES string of the molecule is COc1cc(CN2CCNCC2c2cccnc2)cc(Cl)c1OCC(N)=O.Cl. The fraction of sp³-hybridized carbons (Fsp3) is 0.368. The van der Waals surface area contributed by atoms with Crippen LogP contribution in [0.1, 0.15) is 17.2 Å². The summed E-state index contributed by atoms with van der Waals surface area (Å²) in [5.41, 5.74) is 7.31. The summed E-state index contributed by atoms with van der Waals surface area (Å²) < 4.78 is 10.8. The van der Waals surface area contributed by atoms with Gasteiger partial charge in [-0.05, 0) is 29.3 Å². The maximum absolute atomic E-state index is 11.0. The smallest absolute Gasteiger partial charge is 0.255 e. The van der Waals surface area contributed by atoms with Crippen molar-refractivity contribution in [2.45, 2.75) is 12.6 Å². The molecule has 2 aromatic rings. The summed E-state index contributed by atoms with van der Waals surface area (Å²) in [6.45, 7) is 3.13. The zero-order valence-corrected chi connectivity index (χ0v) is 17.1. The van der Waals surface area contributed by atoms with Crippen molar-refractivity contribution < 1.29 is 14.3 Å². The molecule has 9 heteroatoms. The van der Waals surface area contributed by atoms with Gasteiger partial charge in [0, 0.05) is 44.6 Å². The van der Waals surface area contributed by atoms with Gasteiger partial charge in [0.15, 0.2) is 18.1 Å². The lowest BCUT2D eigenvalue weighted by Crippen LogP contribution is -2.45. The largest absolute Gasteiger partial charge is 0.493 e. The lowest BCUT2D eigenvalue weighted by molar-refractivity contribution is -0.119. The number of carbonyl (C=O) groups excluding carboxylic acids is 1. The molecule has 0 aliphatic carbocycles. The molecule has 0 radical (unpaired) electrons. The monoisotopic (exact) mass is 426 g/mol. The molecule has 1 aromatic carbocycles. The second-order valence-electron chi connectivity index (χ2n) is 6.34. The van der Waals surface area contributed by atoms with Crippen LogP contribution >= 0.6 is 24.0 Å². The molecule has 1 aromatic heterocycles. The number of ether oxygens (including phenoxy) is 2.